The number of carbonyl (C=O) groups is 1. The Kier molecular flexibility index (Phi) is 5.18. The number of rotatable bonds is 4. The normalized spacial score (nSPS) is 12.8. The summed E-state index contributed by atoms with van der Waals surface area (Å²) < 4.78 is 0. The molecule has 1 atom stereocenters. The van der Waals surface area contributed by atoms with E-state index in [0.717, 1.165) is 11.1 Å². The van der Waals surface area contributed by atoms with Crippen LogP contribution in [-0.2, 0) is 4.79 Å². The first-order valence-electron chi connectivity index (χ1n) is 6.86. The van der Waals surface area contributed by atoms with Crippen molar-refractivity contribution in [3.05, 3.63) is 76.3 Å². The molecule has 0 saturated carbocycles. The molecule has 0 unspecified atom stereocenters. The van der Waals surface area contributed by atoms with Gasteiger partial charge in [-0.05, 0) is 43.2 Å². The monoisotopic (exact) mass is 299 g/mol. The number of amides is 1. The van der Waals surface area contributed by atoms with Crippen LogP contribution < -0.4 is 5.32 Å². The van der Waals surface area contributed by atoms with Crippen LogP contribution in [0, 0.1) is 0 Å². The number of benzene rings is 2. The first-order valence-corrected chi connectivity index (χ1v) is 7.24. The van der Waals surface area contributed by atoms with Crippen LogP contribution in [0.4, 0.5) is 0 Å². The van der Waals surface area contributed by atoms with E-state index in [1.54, 1.807) is 0 Å². The molecule has 0 aliphatic carbocycles. The highest BCUT2D eigenvalue weighted by atomic mass is 35.5. The third-order valence-electron chi connectivity index (χ3n) is 3.26. The van der Waals surface area contributed by atoms with E-state index in [0.29, 0.717) is 10.6 Å². The molecule has 0 bridgehead atoms. The Morgan fingerprint density at radius 2 is 1.71 bits per heavy atom. The summed E-state index contributed by atoms with van der Waals surface area (Å²) in [4.78, 5) is 12.2. The van der Waals surface area contributed by atoms with Gasteiger partial charge in [0.05, 0.1) is 6.04 Å². The summed E-state index contributed by atoms with van der Waals surface area (Å²) in [7, 11) is 0. The first kappa shape index (κ1) is 15.3. The molecule has 2 rings (SSSR count). The van der Waals surface area contributed by atoms with Crippen LogP contribution in [0.15, 0.2) is 60.2 Å². The van der Waals surface area contributed by atoms with Crippen molar-refractivity contribution in [1.82, 2.24) is 5.32 Å². The second kappa shape index (κ2) is 7.09. The molecule has 0 fully saturated rings. The van der Waals surface area contributed by atoms with Crippen LogP contribution in [0.1, 0.15) is 31.0 Å². The van der Waals surface area contributed by atoms with Crippen molar-refractivity contribution < 1.29 is 4.79 Å². The van der Waals surface area contributed by atoms with Crippen LogP contribution in [0.5, 0.6) is 0 Å². The summed E-state index contributed by atoms with van der Waals surface area (Å²) in [6, 6.07) is 17.3. The van der Waals surface area contributed by atoms with Crippen molar-refractivity contribution in [2.75, 3.05) is 0 Å². The molecular weight excluding hydrogens is 282 g/mol. The van der Waals surface area contributed by atoms with E-state index in [9.17, 15) is 4.79 Å². The molecule has 2 aromatic rings. The Balaban J connectivity index is 2.04. The standard InChI is InChI=1S/C18H18ClNO/c1-13(12-15-8-10-17(19)11-9-15)18(21)20-14(2)16-6-4-3-5-7-16/h3-12,14H,1-2H3,(H,20,21)/b13-12+/t14-/m0/s1. The van der Waals surface area contributed by atoms with Gasteiger partial charge in [-0.25, -0.2) is 0 Å². The summed E-state index contributed by atoms with van der Waals surface area (Å²) in [5.74, 6) is -0.0682. The minimum Gasteiger partial charge on any atom is -0.346 e. The fourth-order valence-electron chi connectivity index (χ4n) is 2.01. The number of nitrogens with one attached hydrogen (secondary N) is 1. The Morgan fingerprint density at radius 3 is 2.33 bits per heavy atom. The van der Waals surface area contributed by atoms with Gasteiger partial charge in [-0.15, -0.1) is 0 Å². The molecule has 1 N–H and O–H groups in total. The van der Waals surface area contributed by atoms with Crippen LogP contribution in [0.25, 0.3) is 6.08 Å². The van der Waals surface area contributed by atoms with Gasteiger partial charge < -0.3 is 5.32 Å². The molecule has 0 saturated heterocycles. The molecule has 2 aromatic carbocycles. The topological polar surface area (TPSA) is 29.1 Å². The second-order valence-electron chi connectivity index (χ2n) is 4.98. The second-order valence-corrected chi connectivity index (χ2v) is 5.42. The van der Waals surface area contributed by atoms with Crippen molar-refractivity contribution >= 4 is 23.6 Å². The van der Waals surface area contributed by atoms with E-state index < -0.39 is 0 Å². The molecule has 2 nitrogen and oxygen atoms in total. The molecule has 0 aliphatic heterocycles. The largest absolute Gasteiger partial charge is 0.346 e. The number of carbonyl (C=O) groups excluding carboxylic acids is 1. The zero-order chi connectivity index (χ0) is 15.2. The molecule has 108 valence electrons. The number of halogens is 1. The summed E-state index contributed by atoms with van der Waals surface area (Å²) >= 11 is 5.85. The summed E-state index contributed by atoms with van der Waals surface area (Å²) in [6.45, 7) is 3.78. The van der Waals surface area contributed by atoms with Crippen LogP contribution in [0.3, 0.4) is 0 Å². The molecule has 0 heterocycles. The number of hydrogen-bond acceptors (Lipinski definition) is 1. The van der Waals surface area contributed by atoms with E-state index >= 15 is 0 Å². The van der Waals surface area contributed by atoms with Gasteiger partial charge in [-0.1, -0.05) is 54.1 Å². The van der Waals surface area contributed by atoms with Gasteiger partial charge in [0.15, 0.2) is 0 Å². The lowest BCUT2D eigenvalue weighted by Gasteiger charge is -2.14. The van der Waals surface area contributed by atoms with E-state index in [4.69, 9.17) is 11.6 Å². The molecule has 3 heteroatoms. The van der Waals surface area contributed by atoms with Crippen molar-refractivity contribution in [1.29, 1.82) is 0 Å². The van der Waals surface area contributed by atoms with Crippen LogP contribution in [0.2, 0.25) is 5.02 Å². The molecular formula is C18H18ClNO. The quantitative estimate of drug-likeness (QED) is 0.820. The zero-order valence-corrected chi connectivity index (χ0v) is 12.9. The fraction of sp³-hybridized carbons (Fsp3) is 0.167. The summed E-state index contributed by atoms with van der Waals surface area (Å²) in [6.07, 6.45) is 1.85. The maximum atomic E-state index is 12.2. The van der Waals surface area contributed by atoms with Crippen LogP contribution in [-0.4, -0.2) is 5.91 Å². The Bertz CT molecular complexity index is 632. The van der Waals surface area contributed by atoms with Crippen LogP contribution >= 0.6 is 11.6 Å². The lowest BCUT2D eigenvalue weighted by atomic mass is 10.1. The Morgan fingerprint density at radius 1 is 1.10 bits per heavy atom. The third-order valence-corrected chi connectivity index (χ3v) is 3.51. The smallest absolute Gasteiger partial charge is 0.247 e. The highest BCUT2D eigenvalue weighted by Gasteiger charge is 2.10. The summed E-state index contributed by atoms with van der Waals surface area (Å²) in [5, 5.41) is 3.68. The average Bonchev–Trinajstić information content (AvgIpc) is 2.50. The zero-order valence-electron chi connectivity index (χ0n) is 12.1. The van der Waals surface area contributed by atoms with E-state index in [2.05, 4.69) is 5.32 Å². The summed E-state index contributed by atoms with van der Waals surface area (Å²) in [5.41, 5.74) is 2.71. The maximum Gasteiger partial charge on any atom is 0.247 e. The van der Waals surface area contributed by atoms with Crippen molar-refractivity contribution in [2.24, 2.45) is 0 Å². The van der Waals surface area contributed by atoms with Crippen molar-refractivity contribution in [3.63, 3.8) is 0 Å². The van der Waals surface area contributed by atoms with Gasteiger partial charge in [-0.3, -0.25) is 4.79 Å². The van der Waals surface area contributed by atoms with Crippen molar-refractivity contribution in [3.8, 4) is 0 Å². The van der Waals surface area contributed by atoms with E-state index in [1.807, 2.05) is 74.5 Å². The highest BCUT2D eigenvalue weighted by molar-refractivity contribution is 6.30. The molecule has 0 spiro atoms. The van der Waals surface area contributed by atoms with Gasteiger partial charge >= 0.3 is 0 Å². The van der Waals surface area contributed by atoms with E-state index in [1.165, 1.54) is 0 Å². The lowest BCUT2D eigenvalue weighted by molar-refractivity contribution is -0.118. The third kappa shape index (κ3) is 4.47. The van der Waals surface area contributed by atoms with Gasteiger partial charge in [-0.2, -0.15) is 0 Å². The average molecular weight is 300 g/mol. The SMILES string of the molecule is C/C(=C\c1ccc(Cl)cc1)C(=O)N[C@@H](C)c1ccccc1. The van der Waals surface area contributed by atoms with E-state index in [-0.39, 0.29) is 11.9 Å². The van der Waals surface area contributed by atoms with Gasteiger partial charge in [0.1, 0.15) is 0 Å². The fourth-order valence-corrected chi connectivity index (χ4v) is 2.14. The minimum absolute atomic E-state index is 0.0210. The van der Waals surface area contributed by atoms with Gasteiger partial charge in [0.25, 0.3) is 0 Å². The first-order chi connectivity index (χ1) is 10.1. The molecule has 21 heavy (non-hydrogen) atoms. The molecule has 1 amide bonds. The highest BCUT2D eigenvalue weighted by Crippen LogP contribution is 2.14. The predicted octanol–water partition coefficient (Wildman–Crippen LogP) is 4.62. The lowest BCUT2D eigenvalue weighted by Crippen LogP contribution is -2.27. The Hall–Kier alpha value is -2.06. The molecule has 0 radical (unpaired) electrons. The number of hydrogen-bond donors (Lipinski definition) is 1. The Labute approximate surface area is 130 Å². The van der Waals surface area contributed by atoms with Gasteiger partial charge in [0.2, 0.25) is 5.91 Å². The molecule has 0 aliphatic rings. The van der Waals surface area contributed by atoms with Crippen molar-refractivity contribution in [2.45, 2.75) is 19.9 Å². The molecule has 0 aromatic heterocycles. The minimum atomic E-state index is -0.0682. The van der Waals surface area contributed by atoms with Gasteiger partial charge in [0, 0.05) is 10.6 Å². The maximum absolute atomic E-state index is 12.2. The predicted molar refractivity (Wildman–Crippen MR) is 88.1 cm³/mol.